The first-order valence-electron chi connectivity index (χ1n) is 11.6. The molecule has 0 aromatic carbocycles. The van der Waals surface area contributed by atoms with Crippen LogP contribution in [0.5, 0.6) is 0 Å². The Morgan fingerprint density at radius 3 is 2.61 bits per heavy atom. The maximum atomic E-state index is 14.4. The molecule has 0 radical (unpaired) electrons. The number of nitrogens with zero attached hydrogens (tertiary/aromatic N) is 5. The van der Waals surface area contributed by atoms with E-state index in [1.54, 1.807) is 0 Å². The fourth-order valence-corrected chi connectivity index (χ4v) is 4.67. The number of halogens is 1. The summed E-state index contributed by atoms with van der Waals surface area (Å²) >= 11 is 0. The number of aromatic amines is 1. The number of aryl methyl sites for hydroxylation is 1. The maximum Gasteiger partial charge on any atom is 0.321 e. The lowest BCUT2D eigenvalue weighted by atomic mass is 9.79. The van der Waals surface area contributed by atoms with Gasteiger partial charge in [-0.05, 0) is 48.0 Å². The molecule has 0 atom stereocenters. The van der Waals surface area contributed by atoms with Crippen LogP contribution < -0.4 is 10.6 Å². The number of aromatic nitrogens is 4. The number of amides is 2. The number of fused-ring (bicyclic) bond motifs is 1. The minimum atomic E-state index is -0.595. The molecule has 0 saturated carbocycles. The Hall–Kier alpha value is -2.75. The van der Waals surface area contributed by atoms with Crippen LogP contribution in [-0.2, 0) is 18.5 Å². The van der Waals surface area contributed by atoms with Crippen molar-refractivity contribution in [1.82, 2.24) is 35.3 Å². The van der Waals surface area contributed by atoms with Crippen molar-refractivity contribution in [3.05, 3.63) is 29.1 Å². The number of H-pyrrole nitrogens is 1. The first-order chi connectivity index (χ1) is 15.4. The van der Waals surface area contributed by atoms with Crippen LogP contribution in [0.25, 0.3) is 0 Å². The van der Waals surface area contributed by atoms with E-state index < -0.39 is 11.4 Å². The lowest BCUT2D eigenvalue weighted by molar-refractivity contribution is 0.00829. The Morgan fingerprint density at radius 1 is 1.18 bits per heavy atom. The summed E-state index contributed by atoms with van der Waals surface area (Å²) in [6.45, 7) is 16.2. The van der Waals surface area contributed by atoms with E-state index in [2.05, 4.69) is 58.5 Å². The van der Waals surface area contributed by atoms with Gasteiger partial charge in [-0.1, -0.05) is 6.92 Å². The van der Waals surface area contributed by atoms with E-state index in [1.165, 1.54) is 6.20 Å². The van der Waals surface area contributed by atoms with Crippen molar-refractivity contribution in [2.75, 3.05) is 18.4 Å². The second-order valence-corrected chi connectivity index (χ2v) is 10.5. The van der Waals surface area contributed by atoms with Crippen molar-refractivity contribution in [1.29, 1.82) is 0 Å². The van der Waals surface area contributed by atoms with Crippen molar-refractivity contribution in [3.8, 4) is 0 Å². The van der Waals surface area contributed by atoms with Crippen LogP contribution >= 0.6 is 0 Å². The fraction of sp³-hybridized carbons (Fsp3) is 0.652. The van der Waals surface area contributed by atoms with Gasteiger partial charge in [0.2, 0.25) is 0 Å². The number of anilines is 2. The van der Waals surface area contributed by atoms with Gasteiger partial charge in [0.25, 0.3) is 0 Å². The predicted molar refractivity (Wildman–Crippen MR) is 125 cm³/mol. The Labute approximate surface area is 194 Å². The summed E-state index contributed by atoms with van der Waals surface area (Å²) in [7, 11) is 0. The van der Waals surface area contributed by atoms with E-state index in [4.69, 9.17) is 0 Å². The fourth-order valence-electron chi connectivity index (χ4n) is 4.67. The second kappa shape index (κ2) is 7.93. The van der Waals surface area contributed by atoms with Crippen molar-refractivity contribution in [2.45, 2.75) is 84.5 Å². The number of urea groups is 1. The van der Waals surface area contributed by atoms with Crippen molar-refractivity contribution in [3.63, 3.8) is 0 Å². The number of hydrogen-bond donors (Lipinski definition) is 3. The van der Waals surface area contributed by atoms with E-state index in [0.29, 0.717) is 31.2 Å². The highest BCUT2D eigenvalue weighted by Gasteiger charge is 2.51. The molecule has 0 spiro atoms. The minimum absolute atomic E-state index is 0.0198. The van der Waals surface area contributed by atoms with Gasteiger partial charge in [-0.2, -0.15) is 5.10 Å². The lowest BCUT2D eigenvalue weighted by Gasteiger charge is -2.55. The van der Waals surface area contributed by atoms with Crippen molar-refractivity contribution >= 4 is 17.7 Å². The van der Waals surface area contributed by atoms with Crippen molar-refractivity contribution in [2.24, 2.45) is 0 Å². The highest BCUT2D eigenvalue weighted by molar-refractivity contribution is 5.79. The molecular weight excluding hydrogens is 423 g/mol. The summed E-state index contributed by atoms with van der Waals surface area (Å²) in [6, 6.07) is -0.0198. The summed E-state index contributed by atoms with van der Waals surface area (Å²) < 4.78 is 14.4. The minimum Gasteiger partial charge on any atom is -0.321 e. The predicted octanol–water partition coefficient (Wildman–Crippen LogP) is 3.67. The van der Waals surface area contributed by atoms with Gasteiger partial charge < -0.3 is 20.4 Å². The quantitative estimate of drug-likeness (QED) is 0.646. The normalized spacial score (nSPS) is 20.6. The van der Waals surface area contributed by atoms with Crippen LogP contribution in [0.4, 0.5) is 20.8 Å². The number of carbonyl (C=O) groups excluding carboxylic acids is 1. The van der Waals surface area contributed by atoms with Gasteiger partial charge in [-0.15, -0.1) is 0 Å². The molecule has 4 heterocycles. The standard InChI is InChI=1S/C23H35FN8O/c1-8-9-16-25-12-15(24)19(27-16)28-18-14-13-32(21(2,3)17(14)29-30-18)20(33)31-11-10-26-22(4,5)23(31,6)7/h12,26H,8-11,13H2,1-7H3,(H2,25,27,28,29,30). The van der Waals surface area contributed by atoms with E-state index in [-0.39, 0.29) is 22.9 Å². The summed E-state index contributed by atoms with van der Waals surface area (Å²) in [5.41, 5.74) is 0.480. The summed E-state index contributed by atoms with van der Waals surface area (Å²) in [5, 5.41) is 14.0. The molecule has 2 aliphatic heterocycles. The topological polar surface area (TPSA) is 102 Å². The molecule has 180 valence electrons. The van der Waals surface area contributed by atoms with Crippen LogP contribution in [0.3, 0.4) is 0 Å². The first kappa shape index (κ1) is 23.4. The SMILES string of the molecule is CCCc1ncc(F)c(Nc2n[nH]c3c2CN(C(=O)N2CCNC(C)(C)C2(C)C)C3(C)C)n1. The molecule has 2 aromatic rings. The smallest absolute Gasteiger partial charge is 0.321 e. The molecule has 2 aliphatic rings. The molecule has 10 heteroatoms. The molecule has 2 amide bonds. The van der Waals surface area contributed by atoms with E-state index in [0.717, 1.165) is 24.2 Å². The number of nitrogens with one attached hydrogen (secondary N) is 3. The molecule has 1 fully saturated rings. The van der Waals surface area contributed by atoms with Gasteiger partial charge in [0.1, 0.15) is 5.82 Å². The highest BCUT2D eigenvalue weighted by atomic mass is 19.1. The van der Waals surface area contributed by atoms with Gasteiger partial charge in [0.05, 0.1) is 29.5 Å². The van der Waals surface area contributed by atoms with Crippen LogP contribution in [0.15, 0.2) is 6.20 Å². The van der Waals surface area contributed by atoms with Crippen molar-refractivity contribution < 1.29 is 9.18 Å². The van der Waals surface area contributed by atoms with Gasteiger partial charge in [-0.25, -0.2) is 19.2 Å². The van der Waals surface area contributed by atoms with Crippen LogP contribution in [-0.4, -0.2) is 60.2 Å². The molecule has 33 heavy (non-hydrogen) atoms. The Balaban J connectivity index is 1.61. The molecule has 0 aliphatic carbocycles. The third-order valence-electron chi connectivity index (χ3n) is 7.54. The van der Waals surface area contributed by atoms with E-state index in [1.807, 2.05) is 30.6 Å². The first-order valence-corrected chi connectivity index (χ1v) is 11.6. The summed E-state index contributed by atoms with van der Waals surface area (Å²) in [5.74, 6) is 0.611. The van der Waals surface area contributed by atoms with Crippen LogP contribution in [0, 0.1) is 5.82 Å². The Morgan fingerprint density at radius 2 is 1.91 bits per heavy atom. The zero-order valence-corrected chi connectivity index (χ0v) is 20.6. The van der Waals surface area contributed by atoms with Gasteiger partial charge in [-0.3, -0.25) is 5.10 Å². The second-order valence-electron chi connectivity index (χ2n) is 10.5. The Bertz CT molecular complexity index is 1060. The Kier molecular flexibility index (Phi) is 5.63. The number of rotatable bonds is 4. The number of carbonyl (C=O) groups is 1. The molecule has 3 N–H and O–H groups in total. The zero-order valence-electron chi connectivity index (χ0n) is 20.6. The zero-order chi connectivity index (χ0) is 24.2. The molecule has 0 unspecified atom stereocenters. The molecule has 9 nitrogen and oxygen atoms in total. The number of hydrogen-bond acceptors (Lipinski definition) is 6. The van der Waals surface area contributed by atoms with E-state index in [9.17, 15) is 9.18 Å². The molecular formula is C23H35FN8O. The number of piperazine rings is 1. The van der Waals surface area contributed by atoms with Crippen LogP contribution in [0.1, 0.15) is 72.0 Å². The average molecular weight is 459 g/mol. The van der Waals surface area contributed by atoms with Gasteiger partial charge >= 0.3 is 6.03 Å². The van der Waals surface area contributed by atoms with Crippen LogP contribution in [0.2, 0.25) is 0 Å². The average Bonchev–Trinajstić information content (AvgIpc) is 3.24. The third kappa shape index (κ3) is 3.74. The summed E-state index contributed by atoms with van der Waals surface area (Å²) in [6.07, 6.45) is 2.72. The van der Waals surface area contributed by atoms with E-state index >= 15 is 0 Å². The third-order valence-corrected chi connectivity index (χ3v) is 7.54. The lowest BCUT2D eigenvalue weighted by Crippen LogP contribution is -2.72. The molecule has 1 saturated heterocycles. The van der Waals surface area contributed by atoms with Gasteiger partial charge in [0, 0.05) is 30.6 Å². The van der Waals surface area contributed by atoms with Gasteiger partial charge in [0.15, 0.2) is 17.5 Å². The monoisotopic (exact) mass is 458 g/mol. The molecule has 4 rings (SSSR count). The molecule has 0 bridgehead atoms. The largest absolute Gasteiger partial charge is 0.321 e. The highest BCUT2D eigenvalue weighted by Crippen LogP contribution is 2.43. The maximum absolute atomic E-state index is 14.4. The molecule has 2 aromatic heterocycles. The summed E-state index contributed by atoms with van der Waals surface area (Å²) in [4.78, 5) is 26.0.